The number of hydrogen-bond donors (Lipinski definition) is 1. The molecule has 4 saturated carbocycles. The van der Waals surface area contributed by atoms with Gasteiger partial charge in [-0.1, -0.05) is 0 Å². The predicted octanol–water partition coefficient (Wildman–Crippen LogP) is 3.46. The van der Waals surface area contributed by atoms with Gasteiger partial charge < -0.3 is 10.1 Å². The summed E-state index contributed by atoms with van der Waals surface area (Å²) in [6, 6.07) is 0.785. The molecule has 5 rings (SSSR count). The van der Waals surface area contributed by atoms with Gasteiger partial charge in [-0.05, 0) is 93.9 Å². The van der Waals surface area contributed by atoms with Crippen molar-refractivity contribution >= 4 is 0 Å². The molecule has 2 heteroatoms. The van der Waals surface area contributed by atoms with Crippen LogP contribution in [-0.4, -0.2) is 26.3 Å². The molecule has 0 radical (unpaired) electrons. The smallest absolute Gasteiger partial charge is 0.0468 e. The van der Waals surface area contributed by atoms with Crippen LogP contribution in [-0.2, 0) is 4.74 Å². The first kappa shape index (κ1) is 13.6. The summed E-state index contributed by atoms with van der Waals surface area (Å²) in [5, 5.41) is 3.74. The van der Waals surface area contributed by atoms with E-state index in [1.807, 2.05) is 0 Å². The molecule has 5 fully saturated rings. The fourth-order valence-electron chi connectivity index (χ4n) is 6.43. The Morgan fingerprint density at radius 3 is 2.10 bits per heavy atom. The van der Waals surface area contributed by atoms with Gasteiger partial charge in [0.2, 0.25) is 0 Å². The van der Waals surface area contributed by atoms with E-state index in [4.69, 9.17) is 4.74 Å². The zero-order valence-electron chi connectivity index (χ0n) is 13.0. The van der Waals surface area contributed by atoms with Gasteiger partial charge in [0.15, 0.2) is 0 Å². The van der Waals surface area contributed by atoms with Gasteiger partial charge in [-0.3, -0.25) is 0 Å². The average molecular weight is 277 g/mol. The van der Waals surface area contributed by atoms with E-state index in [2.05, 4.69) is 12.4 Å². The average Bonchev–Trinajstić information content (AvgIpc) is 2.46. The van der Waals surface area contributed by atoms with Crippen molar-refractivity contribution in [2.24, 2.45) is 35.5 Å². The zero-order valence-corrected chi connectivity index (χ0v) is 13.0. The van der Waals surface area contributed by atoms with Crippen LogP contribution in [0.25, 0.3) is 0 Å². The summed E-state index contributed by atoms with van der Waals surface area (Å²) in [5.41, 5.74) is 0. The molecule has 1 heterocycles. The molecule has 4 bridgehead atoms. The van der Waals surface area contributed by atoms with E-state index in [0.717, 1.165) is 54.8 Å². The highest BCUT2D eigenvalue weighted by atomic mass is 16.5. The summed E-state index contributed by atoms with van der Waals surface area (Å²) in [4.78, 5) is 0. The Hall–Kier alpha value is -0.0800. The Labute approximate surface area is 124 Å². The SMILES string of the molecule is CNC(CC1CCOCC1)C1C2CC3CC(C2)CC1C3. The van der Waals surface area contributed by atoms with E-state index in [9.17, 15) is 0 Å². The second-order valence-electron chi connectivity index (χ2n) is 8.19. The summed E-state index contributed by atoms with van der Waals surface area (Å²) < 4.78 is 5.53. The van der Waals surface area contributed by atoms with E-state index in [0.29, 0.717) is 0 Å². The molecule has 0 amide bonds. The fraction of sp³-hybridized carbons (Fsp3) is 1.00. The van der Waals surface area contributed by atoms with Gasteiger partial charge in [-0.25, -0.2) is 0 Å². The van der Waals surface area contributed by atoms with Crippen LogP contribution in [0, 0.1) is 35.5 Å². The molecule has 4 aliphatic carbocycles. The van der Waals surface area contributed by atoms with Crippen molar-refractivity contribution in [1.29, 1.82) is 0 Å². The summed E-state index contributed by atoms with van der Waals surface area (Å²) in [6.07, 6.45) is 11.8. The molecule has 0 aromatic carbocycles. The lowest BCUT2D eigenvalue weighted by Gasteiger charge is -2.56. The lowest BCUT2D eigenvalue weighted by molar-refractivity contribution is -0.0563. The summed E-state index contributed by atoms with van der Waals surface area (Å²) in [7, 11) is 2.22. The molecule has 1 saturated heterocycles. The van der Waals surface area contributed by atoms with Crippen molar-refractivity contribution in [3.8, 4) is 0 Å². The van der Waals surface area contributed by atoms with Gasteiger partial charge in [0.25, 0.3) is 0 Å². The van der Waals surface area contributed by atoms with Crippen LogP contribution in [0.5, 0.6) is 0 Å². The lowest BCUT2D eigenvalue weighted by atomic mass is 9.50. The fourth-order valence-corrected chi connectivity index (χ4v) is 6.43. The number of rotatable bonds is 4. The van der Waals surface area contributed by atoms with E-state index in [1.165, 1.54) is 19.3 Å². The van der Waals surface area contributed by atoms with Gasteiger partial charge >= 0.3 is 0 Å². The molecule has 1 atom stereocenters. The van der Waals surface area contributed by atoms with Crippen LogP contribution in [0.1, 0.15) is 51.4 Å². The number of ether oxygens (including phenoxy) is 1. The summed E-state index contributed by atoms with van der Waals surface area (Å²) >= 11 is 0. The topological polar surface area (TPSA) is 21.3 Å². The standard InChI is InChI=1S/C18H31NO/c1-19-17(11-12-2-4-20-5-3-12)18-15-7-13-6-14(9-15)10-16(18)8-13/h12-19H,2-11H2,1H3. The highest BCUT2D eigenvalue weighted by molar-refractivity contribution is 5.01. The minimum absolute atomic E-state index is 0.785. The monoisotopic (exact) mass is 277 g/mol. The molecule has 0 aromatic rings. The maximum Gasteiger partial charge on any atom is 0.0468 e. The Morgan fingerprint density at radius 1 is 0.950 bits per heavy atom. The summed E-state index contributed by atoms with van der Waals surface area (Å²) in [6.45, 7) is 2.01. The highest BCUT2D eigenvalue weighted by Gasteiger charge is 2.50. The maximum atomic E-state index is 5.53. The molecule has 5 aliphatic rings. The zero-order chi connectivity index (χ0) is 13.5. The van der Waals surface area contributed by atoms with E-state index in [-0.39, 0.29) is 0 Å². The van der Waals surface area contributed by atoms with Crippen LogP contribution in [0.15, 0.2) is 0 Å². The Kier molecular flexibility index (Phi) is 3.80. The van der Waals surface area contributed by atoms with Gasteiger partial charge in [-0.2, -0.15) is 0 Å². The van der Waals surface area contributed by atoms with Crippen LogP contribution in [0.4, 0.5) is 0 Å². The van der Waals surface area contributed by atoms with Crippen molar-refractivity contribution in [3.05, 3.63) is 0 Å². The molecule has 0 aromatic heterocycles. The molecular formula is C18H31NO. The number of nitrogens with one attached hydrogen (secondary N) is 1. The van der Waals surface area contributed by atoms with Crippen LogP contribution < -0.4 is 5.32 Å². The lowest BCUT2D eigenvalue weighted by Crippen LogP contribution is -2.53. The molecule has 20 heavy (non-hydrogen) atoms. The Morgan fingerprint density at radius 2 is 1.55 bits per heavy atom. The van der Waals surface area contributed by atoms with Gasteiger partial charge in [-0.15, -0.1) is 0 Å². The minimum atomic E-state index is 0.785. The predicted molar refractivity (Wildman–Crippen MR) is 81.5 cm³/mol. The highest BCUT2D eigenvalue weighted by Crippen LogP contribution is 2.57. The first-order valence-corrected chi connectivity index (χ1v) is 9.08. The summed E-state index contributed by atoms with van der Waals surface area (Å²) in [5.74, 6) is 6.24. The van der Waals surface area contributed by atoms with Crippen molar-refractivity contribution < 1.29 is 4.74 Å². The second-order valence-corrected chi connectivity index (χ2v) is 8.19. The van der Waals surface area contributed by atoms with Crippen LogP contribution >= 0.6 is 0 Å². The number of hydrogen-bond acceptors (Lipinski definition) is 2. The van der Waals surface area contributed by atoms with Crippen molar-refractivity contribution in [1.82, 2.24) is 5.32 Å². The van der Waals surface area contributed by atoms with Crippen LogP contribution in [0.2, 0.25) is 0 Å². The quantitative estimate of drug-likeness (QED) is 0.849. The third kappa shape index (κ3) is 2.43. The molecule has 1 N–H and O–H groups in total. The van der Waals surface area contributed by atoms with Gasteiger partial charge in [0, 0.05) is 19.3 Å². The third-order valence-corrected chi connectivity index (χ3v) is 7.06. The maximum absolute atomic E-state index is 5.53. The molecule has 1 aliphatic heterocycles. The van der Waals surface area contributed by atoms with Gasteiger partial charge in [0.1, 0.15) is 0 Å². The van der Waals surface area contributed by atoms with Gasteiger partial charge in [0.05, 0.1) is 0 Å². The first-order chi connectivity index (χ1) is 9.83. The normalized spacial score (nSPS) is 45.8. The van der Waals surface area contributed by atoms with Crippen molar-refractivity contribution in [2.45, 2.75) is 57.4 Å². The van der Waals surface area contributed by atoms with E-state index < -0.39 is 0 Å². The van der Waals surface area contributed by atoms with E-state index in [1.54, 1.807) is 32.1 Å². The first-order valence-electron chi connectivity index (χ1n) is 9.08. The largest absolute Gasteiger partial charge is 0.381 e. The molecule has 1 unspecified atom stereocenters. The van der Waals surface area contributed by atoms with Crippen LogP contribution in [0.3, 0.4) is 0 Å². The molecule has 0 spiro atoms. The van der Waals surface area contributed by atoms with E-state index >= 15 is 0 Å². The Bertz CT molecular complexity index is 308. The second kappa shape index (κ2) is 5.61. The molecule has 114 valence electrons. The third-order valence-electron chi connectivity index (χ3n) is 7.06. The van der Waals surface area contributed by atoms with Crippen molar-refractivity contribution in [3.63, 3.8) is 0 Å². The molecule has 2 nitrogen and oxygen atoms in total. The van der Waals surface area contributed by atoms with Crippen molar-refractivity contribution in [2.75, 3.05) is 20.3 Å². The molecular weight excluding hydrogens is 246 g/mol. The Balaban J connectivity index is 1.44. The minimum Gasteiger partial charge on any atom is -0.381 e.